The summed E-state index contributed by atoms with van der Waals surface area (Å²) in [6.45, 7) is 8.58. The molecule has 0 aliphatic carbocycles. The summed E-state index contributed by atoms with van der Waals surface area (Å²) in [7, 11) is 0. The van der Waals surface area contributed by atoms with Crippen LogP contribution in [0.25, 0.3) is 10.9 Å². The number of benzene rings is 1. The molecule has 3 rings (SSSR count). The van der Waals surface area contributed by atoms with Crippen molar-refractivity contribution in [2.24, 2.45) is 5.92 Å². The number of morpholine rings is 1. The van der Waals surface area contributed by atoms with E-state index in [0.717, 1.165) is 37.1 Å². The van der Waals surface area contributed by atoms with E-state index in [1.807, 2.05) is 30.3 Å². The minimum absolute atomic E-state index is 0.0434. The lowest BCUT2D eigenvalue weighted by molar-refractivity contribution is -0.0295. The minimum atomic E-state index is -0.148. The first-order valence-electron chi connectivity index (χ1n) is 8.60. The van der Waals surface area contributed by atoms with Crippen LogP contribution in [0.2, 0.25) is 0 Å². The third-order valence-electron chi connectivity index (χ3n) is 4.17. The summed E-state index contributed by atoms with van der Waals surface area (Å²) in [5.74, 6) is 0.491. The highest BCUT2D eigenvalue weighted by atomic mass is 16.5. The maximum absolute atomic E-state index is 12.3. The van der Waals surface area contributed by atoms with Gasteiger partial charge in [-0.1, -0.05) is 38.1 Å². The Hall–Kier alpha value is -1.98. The summed E-state index contributed by atoms with van der Waals surface area (Å²) in [6.07, 6.45) is 0.0434. The normalized spacial score (nSPS) is 18.9. The Labute approximate surface area is 143 Å². The van der Waals surface area contributed by atoms with Crippen molar-refractivity contribution < 1.29 is 9.53 Å². The van der Waals surface area contributed by atoms with E-state index < -0.39 is 0 Å². The number of fused-ring (bicyclic) bond motifs is 1. The number of nitrogens with zero attached hydrogens (tertiary/aromatic N) is 2. The van der Waals surface area contributed by atoms with Crippen LogP contribution >= 0.6 is 0 Å². The van der Waals surface area contributed by atoms with E-state index >= 15 is 0 Å². The van der Waals surface area contributed by atoms with E-state index in [-0.39, 0.29) is 12.0 Å². The first-order chi connectivity index (χ1) is 11.6. The van der Waals surface area contributed by atoms with Crippen molar-refractivity contribution in [1.82, 2.24) is 15.2 Å². The molecule has 1 aromatic heterocycles. The van der Waals surface area contributed by atoms with Gasteiger partial charge in [-0.05, 0) is 18.1 Å². The van der Waals surface area contributed by atoms with Crippen LogP contribution in [0.15, 0.2) is 36.4 Å². The zero-order valence-corrected chi connectivity index (χ0v) is 14.4. The maximum Gasteiger partial charge on any atom is 0.269 e. The van der Waals surface area contributed by atoms with Gasteiger partial charge in [-0.2, -0.15) is 0 Å². The van der Waals surface area contributed by atoms with Crippen LogP contribution in [-0.4, -0.2) is 54.7 Å². The van der Waals surface area contributed by atoms with Crippen molar-refractivity contribution in [3.63, 3.8) is 0 Å². The SMILES string of the molecule is CC(C)CN1CCO[C@@H](CNC(=O)c2ccc3ccccc3n2)C1. The standard InChI is InChI=1S/C19H25N3O2/c1-14(2)12-22-9-10-24-16(13-22)11-20-19(23)18-8-7-15-5-3-4-6-17(15)21-18/h3-8,14,16H,9-13H2,1-2H3,(H,20,23)/t16-/m0/s1. The predicted octanol–water partition coefficient (Wildman–Crippen LogP) is 2.32. The summed E-state index contributed by atoms with van der Waals surface area (Å²) in [5, 5.41) is 3.99. The number of carbonyl (C=O) groups is 1. The van der Waals surface area contributed by atoms with Crippen molar-refractivity contribution in [1.29, 1.82) is 0 Å². The molecule has 128 valence electrons. The average Bonchev–Trinajstić information content (AvgIpc) is 2.59. The number of carbonyl (C=O) groups excluding carboxylic acids is 1. The summed E-state index contributed by atoms with van der Waals surface area (Å²) < 4.78 is 5.77. The predicted molar refractivity (Wildman–Crippen MR) is 95.1 cm³/mol. The fourth-order valence-corrected chi connectivity index (χ4v) is 3.08. The summed E-state index contributed by atoms with van der Waals surface area (Å²) in [4.78, 5) is 19.2. The van der Waals surface area contributed by atoms with Crippen molar-refractivity contribution in [2.75, 3.05) is 32.8 Å². The molecule has 24 heavy (non-hydrogen) atoms. The number of rotatable bonds is 5. The highest BCUT2D eigenvalue weighted by Crippen LogP contribution is 2.12. The second kappa shape index (κ2) is 7.73. The van der Waals surface area contributed by atoms with E-state index in [1.54, 1.807) is 6.07 Å². The van der Waals surface area contributed by atoms with Crippen LogP contribution in [0.5, 0.6) is 0 Å². The highest BCUT2D eigenvalue weighted by Gasteiger charge is 2.21. The molecule has 0 radical (unpaired) electrons. The van der Waals surface area contributed by atoms with Crippen LogP contribution < -0.4 is 5.32 Å². The molecule has 1 aliphatic heterocycles. The molecule has 1 fully saturated rings. The number of hydrogen-bond acceptors (Lipinski definition) is 4. The lowest BCUT2D eigenvalue weighted by atomic mass is 10.1. The number of amides is 1. The molecule has 0 saturated carbocycles. The Bertz CT molecular complexity index is 702. The van der Waals surface area contributed by atoms with Gasteiger partial charge in [0.1, 0.15) is 5.69 Å². The Kier molecular flexibility index (Phi) is 5.43. The van der Waals surface area contributed by atoms with Crippen LogP contribution in [0.1, 0.15) is 24.3 Å². The third kappa shape index (κ3) is 4.30. The number of pyridine rings is 1. The molecular weight excluding hydrogens is 302 g/mol. The maximum atomic E-state index is 12.3. The molecule has 5 nitrogen and oxygen atoms in total. The van der Waals surface area contributed by atoms with E-state index in [2.05, 4.69) is 29.0 Å². The first-order valence-corrected chi connectivity index (χ1v) is 8.60. The summed E-state index contributed by atoms with van der Waals surface area (Å²) in [6, 6.07) is 11.5. The lowest BCUT2D eigenvalue weighted by Crippen LogP contribution is -2.48. The Morgan fingerprint density at radius 1 is 1.33 bits per heavy atom. The monoisotopic (exact) mass is 327 g/mol. The number of aromatic nitrogens is 1. The van der Waals surface area contributed by atoms with Crippen LogP contribution in [0.3, 0.4) is 0 Å². The molecular formula is C19H25N3O2. The molecule has 2 heterocycles. The van der Waals surface area contributed by atoms with Crippen molar-refractivity contribution in [3.05, 3.63) is 42.1 Å². The van der Waals surface area contributed by atoms with Crippen molar-refractivity contribution >= 4 is 16.8 Å². The number of nitrogens with one attached hydrogen (secondary N) is 1. The van der Waals surface area contributed by atoms with Crippen molar-refractivity contribution in [3.8, 4) is 0 Å². The zero-order valence-electron chi connectivity index (χ0n) is 14.4. The van der Waals surface area contributed by atoms with E-state index in [1.165, 1.54) is 0 Å². The second-order valence-corrected chi connectivity index (χ2v) is 6.75. The molecule has 5 heteroatoms. The quantitative estimate of drug-likeness (QED) is 0.916. The second-order valence-electron chi connectivity index (χ2n) is 6.75. The average molecular weight is 327 g/mol. The first kappa shape index (κ1) is 16.9. The van der Waals surface area contributed by atoms with Gasteiger partial charge in [0.15, 0.2) is 0 Å². The van der Waals surface area contributed by atoms with Gasteiger partial charge in [-0.25, -0.2) is 4.98 Å². The van der Waals surface area contributed by atoms with Gasteiger partial charge in [0.05, 0.1) is 18.2 Å². The Morgan fingerprint density at radius 3 is 3.00 bits per heavy atom. The van der Waals surface area contributed by atoms with Gasteiger partial charge in [0.2, 0.25) is 0 Å². The van der Waals surface area contributed by atoms with Crippen LogP contribution in [-0.2, 0) is 4.74 Å². The smallest absolute Gasteiger partial charge is 0.269 e. The number of hydrogen-bond donors (Lipinski definition) is 1. The minimum Gasteiger partial charge on any atom is -0.374 e. The molecule has 1 atom stereocenters. The topological polar surface area (TPSA) is 54.5 Å². The lowest BCUT2D eigenvalue weighted by Gasteiger charge is -2.33. The molecule has 1 N–H and O–H groups in total. The number of para-hydroxylation sites is 1. The summed E-state index contributed by atoms with van der Waals surface area (Å²) in [5.41, 5.74) is 1.28. The fourth-order valence-electron chi connectivity index (χ4n) is 3.08. The molecule has 1 saturated heterocycles. The highest BCUT2D eigenvalue weighted by molar-refractivity contribution is 5.94. The molecule has 2 aromatic rings. The van der Waals surface area contributed by atoms with Gasteiger partial charge < -0.3 is 10.1 Å². The number of ether oxygens (including phenoxy) is 1. The molecule has 0 bridgehead atoms. The largest absolute Gasteiger partial charge is 0.374 e. The molecule has 0 spiro atoms. The molecule has 1 aromatic carbocycles. The molecule has 0 unspecified atom stereocenters. The van der Waals surface area contributed by atoms with E-state index in [4.69, 9.17) is 4.74 Å². The van der Waals surface area contributed by atoms with Gasteiger partial charge >= 0.3 is 0 Å². The Morgan fingerprint density at radius 2 is 2.17 bits per heavy atom. The van der Waals surface area contributed by atoms with E-state index in [9.17, 15) is 4.79 Å². The van der Waals surface area contributed by atoms with Gasteiger partial charge in [0, 0.05) is 31.6 Å². The fraction of sp³-hybridized carbons (Fsp3) is 0.474. The third-order valence-corrected chi connectivity index (χ3v) is 4.17. The van der Waals surface area contributed by atoms with Crippen molar-refractivity contribution in [2.45, 2.75) is 20.0 Å². The molecule has 1 amide bonds. The van der Waals surface area contributed by atoms with Gasteiger partial charge in [-0.3, -0.25) is 9.69 Å². The molecule has 1 aliphatic rings. The summed E-state index contributed by atoms with van der Waals surface area (Å²) >= 11 is 0. The van der Waals surface area contributed by atoms with E-state index in [0.29, 0.717) is 18.2 Å². The van der Waals surface area contributed by atoms with Gasteiger partial charge in [0.25, 0.3) is 5.91 Å². The Balaban J connectivity index is 1.56. The van der Waals surface area contributed by atoms with Gasteiger partial charge in [-0.15, -0.1) is 0 Å². The zero-order chi connectivity index (χ0) is 16.9. The van der Waals surface area contributed by atoms with Crippen LogP contribution in [0.4, 0.5) is 0 Å². The van der Waals surface area contributed by atoms with Crippen LogP contribution in [0, 0.1) is 5.92 Å².